The predicted octanol–water partition coefficient (Wildman–Crippen LogP) is 12.2. The number of rotatable bonds is 15. The molecule has 0 saturated carbocycles. The van der Waals surface area contributed by atoms with Gasteiger partial charge in [0, 0.05) is 113 Å². The molecule has 508 valence electrons. The molecule has 19 nitrogen and oxygen atoms in total. The molecule has 4 amide bonds. The lowest BCUT2D eigenvalue weighted by Crippen LogP contribution is -2.32. The Kier molecular flexibility index (Phi) is 21.5. The predicted molar refractivity (Wildman–Crippen MR) is 403 cm³/mol. The minimum atomic E-state index is -0.220. The molecule has 100 heavy (non-hydrogen) atoms. The molecule has 13 aromatic rings. The Morgan fingerprint density at radius 1 is 0.440 bits per heavy atom. The summed E-state index contributed by atoms with van der Waals surface area (Å²) in [5.74, 6) is -0.617. The summed E-state index contributed by atoms with van der Waals surface area (Å²) in [5.41, 5.74) is 14.7. The molecule has 0 radical (unpaired) electrons. The van der Waals surface area contributed by atoms with Gasteiger partial charge in [0.15, 0.2) is 5.78 Å². The SMILES string of the molecule is CC[C@@H](C)NC(=O)c1cccc2nc3ccc4c(C)cccc4c3nc12.CN(C)CCNC(=O)c1cccc2cc3ccccc3nc12.Cc1cc2c3c(cccc3n1)C(=O)c1cccc(C(=O)NCCN(C)C)c1-2.Cc1cccc2cc3c(=O)n(C)cc(C(=O)NCCN(C)C)c3nc12. The molecule has 1 aliphatic carbocycles. The second-order valence-corrected chi connectivity index (χ2v) is 26.1. The number of amides is 4. The first-order valence-electron chi connectivity index (χ1n) is 33.5. The number of para-hydroxylation sites is 4. The third kappa shape index (κ3) is 15.2. The van der Waals surface area contributed by atoms with Crippen LogP contribution in [0.5, 0.6) is 0 Å². The number of likely N-dealkylation sites (N-methyl/N-ethyl adjacent to an activating group) is 3. The number of benzene rings is 8. The normalized spacial score (nSPS) is 11.9. The molecule has 14 rings (SSSR count). The van der Waals surface area contributed by atoms with Crippen LogP contribution in [0.2, 0.25) is 0 Å². The van der Waals surface area contributed by atoms with Crippen molar-refractivity contribution in [3.63, 3.8) is 0 Å². The molecule has 8 aromatic carbocycles. The highest BCUT2D eigenvalue weighted by atomic mass is 16.2. The van der Waals surface area contributed by atoms with Gasteiger partial charge in [-0.2, -0.15) is 0 Å². The van der Waals surface area contributed by atoms with E-state index in [1.807, 2.05) is 199 Å². The Balaban J connectivity index is 0.000000135. The number of hydrogen-bond acceptors (Lipinski definition) is 14. The number of carbonyl (C=O) groups excluding carboxylic acids is 5. The van der Waals surface area contributed by atoms with Crippen LogP contribution in [0, 0.1) is 20.8 Å². The molecule has 0 spiro atoms. The van der Waals surface area contributed by atoms with Crippen molar-refractivity contribution in [2.45, 2.75) is 47.1 Å². The molecular weight excluding hydrogens is 1250 g/mol. The first-order valence-corrected chi connectivity index (χ1v) is 33.5. The molecular formula is C81H83N13O6. The average molecular weight is 1330 g/mol. The van der Waals surface area contributed by atoms with Gasteiger partial charge in [0.25, 0.3) is 29.2 Å². The van der Waals surface area contributed by atoms with E-state index in [1.54, 1.807) is 31.4 Å². The van der Waals surface area contributed by atoms with Gasteiger partial charge >= 0.3 is 0 Å². The van der Waals surface area contributed by atoms with Gasteiger partial charge in [-0.3, -0.25) is 33.8 Å². The fourth-order valence-corrected chi connectivity index (χ4v) is 12.3. The molecule has 0 unspecified atom stereocenters. The highest BCUT2D eigenvalue weighted by Gasteiger charge is 2.30. The van der Waals surface area contributed by atoms with Gasteiger partial charge in [-0.25, -0.2) is 19.9 Å². The number of fused-ring (bicyclic) bond motifs is 10. The number of aromatic nitrogens is 6. The van der Waals surface area contributed by atoms with E-state index in [2.05, 4.69) is 74.3 Å². The Hall–Kier alpha value is -11.3. The van der Waals surface area contributed by atoms with E-state index in [1.165, 1.54) is 10.1 Å². The average Bonchev–Trinajstić information content (AvgIpc) is 0.735. The fourth-order valence-electron chi connectivity index (χ4n) is 12.3. The number of aryl methyl sites for hydroxylation is 4. The van der Waals surface area contributed by atoms with E-state index in [-0.39, 0.29) is 41.0 Å². The lowest BCUT2D eigenvalue weighted by atomic mass is 9.81. The van der Waals surface area contributed by atoms with Gasteiger partial charge in [-0.15, -0.1) is 0 Å². The van der Waals surface area contributed by atoms with E-state index in [4.69, 9.17) is 9.97 Å². The van der Waals surface area contributed by atoms with Crippen LogP contribution < -0.4 is 26.8 Å². The molecule has 19 heteroatoms. The van der Waals surface area contributed by atoms with E-state index in [9.17, 15) is 28.8 Å². The van der Waals surface area contributed by atoms with Gasteiger partial charge < -0.3 is 40.5 Å². The smallest absolute Gasteiger partial charge is 0.259 e. The fraction of sp³-hybridized carbons (Fsp3) is 0.247. The van der Waals surface area contributed by atoms with Crippen LogP contribution in [-0.4, -0.2) is 161 Å². The minimum absolute atomic E-state index is 0.0586. The molecule has 0 fully saturated rings. The summed E-state index contributed by atoms with van der Waals surface area (Å²) in [6.45, 7) is 14.0. The lowest BCUT2D eigenvalue weighted by molar-refractivity contribution is 0.0934. The zero-order chi connectivity index (χ0) is 71.1. The Labute approximate surface area is 580 Å². The summed E-state index contributed by atoms with van der Waals surface area (Å²) in [5, 5.41) is 18.3. The molecule has 0 bridgehead atoms. The van der Waals surface area contributed by atoms with Gasteiger partial charge in [0.2, 0.25) is 0 Å². The molecule has 5 aromatic heterocycles. The second-order valence-electron chi connectivity index (χ2n) is 26.1. The van der Waals surface area contributed by atoms with Crippen LogP contribution in [0.4, 0.5) is 0 Å². The van der Waals surface area contributed by atoms with Crippen LogP contribution >= 0.6 is 0 Å². The van der Waals surface area contributed by atoms with Crippen LogP contribution in [0.25, 0.3) is 98.5 Å². The molecule has 1 aliphatic rings. The number of nitrogens with one attached hydrogen (secondary N) is 4. The zero-order valence-electron chi connectivity index (χ0n) is 58.7. The summed E-state index contributed by atoms with van der Waals surface area (Å²) < 4.78 is 1.44. The van der Waals surface area contributed by atoms with Crippen molar-refractivity contribution in [3.8, 4) is 11.1 Å². The van der Waals surface area contributed by atoms with E-state index < -0.39 is 0 Å². The molecule has 4 N–H and O–H groups in total. The van der Waals surface area contributed by atoms with Gasteiger partial charge in [0.05, 0.1) is 66.2 Å². The van der Waals surface area contributed by atoms with Crippen LogP contribution in [0.1, 0.15) is 94.4 Å². The molecule has 0 aliphatic heterocycles. The third-order valence-corrected chi connectivity index (χ3v) is 17.7. The summed E-state index contributed by atoms with van der Waals surface area (Å²) in [6.07, 6.45) is 2.45. The second kappa shape index (κ2) is 30.7. The first kappa shape index (κ1) is 70.1. The third-order valence-electron chi connectivity index (χ3n) is 17.7. The minimum Gasteiger partial charge on any atom is -0.351 e. The molecule has 1 atom stereocenters. The quantitative estimate of drug-likeness (QED) is 0.0553. The number of hydrogen-bond donors (Lipinski definition) is 4. The van der Waals surface area contributed by atoms with E-state index >= 15 is 0 Å². The largest absolute Gasteiger partial charge is 0.351 e. The molecule has 0 saturated heterocycles. The van der Waals surface area contributed by atoms with Crippen molar-refractivity contribution in [2.75, 3.05) is 81.6 Å². The number of ketones is 1. The number of pyridine rings is 4. The summed E-state index contributed by atoms with van der Waals surface area (Å²) in [4.78, 5) is 106. The standard InChI is InChI=1S/C22H21N3O2.C22H21N3O.C19H22N4O2.C18H19N3O/c1-13-12-17-19-14(21(26)15-7-5-9-18(24-13)20(15)17)6-4-8-16(19)22(27)23-10-11-25(2)3;1-4-14(3)23-22(26)17-9-6-10-18-21(17)25-20-16-8-5-7-13(2)15(16)11-12-19(20)24-18;1-12-6-5-7-13-10-14-17(21-16(12)13)15(11-23(4)19(14)25)18(24)20-8-9-22(2)3;1-21(2)11-10-19-18(22)15-8-5-7-14-12-13-6-3-4-9-16(13)20-17(14)15/h4-9,12H,10-11H2,1-3H3,(H,23,27);5-12,14H,4H2,1-3H3,(H,23,26);5-7,10-11H,8-9H2,1-4H3,(H,20,24);3-9,12H,10-11H2,1-2H3,(H,19,22)/t;14-;;/m.1../s1. The van der Waals surface area contributed by atoms with Crippen molar-refractivity contribution in [3.05, 3.63) is 231 Å². The zero-order valence-corrected chi connectivity index (χ0v) is 58.7. The molecule has 5 heterocycles. The van der Waals surface area contributed by atoms with Crippen molar-refractivity contribution in [2.24, 2.45) is 7.05 Å². The summed E-state index contributed by atoms with van der Waals surface area (Å²) in [7, 11) is 13.4. The Morgan fingerprint density at radius 3 is 1.68 bits per heavy atom. The highest BCUT2D eigenvalue weighted by Crippen LogP contribution is 2.41. The summed E-state index contributed by atoms with van der Waals surface area (Å²) >= 11 is 0. The topological polar surface area (TPSA) is 230 Å². The maximum atomic E-state index is 13.1. The van der Waals surface area contributed by atoms with E-state index in [0.29, 0.717) is 75.0 Å². The van der Waals surface area contributed by atoms with Crippen molar-refractivity contribution in [1.29, 1.82) is 0 Å². The Morgan fingerprint density at radius 2 is 0.980 bits per heavy atom. The van der Waals surface area contributed by atoms with Crippen LogP contribution in [0.15, 0.2) is 175 Å². The van der Waals surface area contributed by atoms with E-state index in [0.717, 1.165) is 114 Å². The van der Waals surface area contributed by atoms with Crippen LogP contribution in [-0.2, 0) is 7.05 Å². The summed E-state index contributed by atoms with van der Waals surface area (Å²) in [6, 6.07) is 52.3. The van der Waals surface area contributed by atoms with Crippen molar-refractivity contribution >= 4 is 117 Å². The maximum Gasteiger partial charge on any atom is 0.259 e. The number of nitrogens with zero attached hydrogens (tertiary/aromatic N) is 9. The Bertz CT molecular complexity index is 5420. The van der Waals surface area contributed by atoms with Crippen molar-refractivity contribution in [1.82, 2.24) is 65.5 Å². The highest BCUT2D eigenvalue weighted by molar-refractivity contribution is 6.27. The van der Waals surface area contributed by atoms with Gasteiger partial charge in [-0.05, 0) is 159 Å². The maximum absolute atomic E-state index is 13.1. The first-order chi connectivity index (χ1) is 48.1. The lowest BCUT2D eigenvalue weighted by Gasteiger charge is -2.22. The number of carbonyl (C=O) groups is 5. The van der Waals surface area contributed by atoms with Crippen LogP contribution in [0.3, 0.4) is 0 Å². The van der Waals surface area contributed by atoms with Crippen molar-refractivity contribution < 1.29 is 24.0 Å². The van der Waals surface area contributed by atoms with Gasteiger partial charge in [0.1, 0.15) is 5.52 Å². The monoisotopic (exact) mass is 1330 g/mol. The van der Waals surface area contributed by atoms with Gasteiger partial charge in [-0.1, -0.05) is 110 Å².